The van der Waals surface area contributed by atoms with Gasteiger partial charge < -0.3 is 16.0 Å². The molecule has 1 aromatic rings. The molecule has 0 radical (unpaired) electrons. The molecule has 1 saturated carbocycles. The Morgan fingerprint density at radius 1 is 1.30 bits per heavy atom. The van der Waals surface area contributed by atoms with Crippen molar-refractivity contribution in [1.82, 2.24) is 20.2 Å². The fourth-order valence-corrected chi connectivity index (χ4v) is 3.21. The molecular formula is C16H22N6O. The molecule has 0 unspecified atom stereocenters. The summed E-state index contributed by atoms with van der Waals surface area (Å²) in [7, 11) is 0. The van der Waals surface area contributed by atoms with E-state index in [2.05, 4.69) is 20.6 Å². The fourth-order valence-electron chi connectivity index (χ4n) is 3.21. The Bertz CT molecular complexity index is 654. The van der Waals surface area contributed by atoms with Crippen LogP contribution in [0, 0.1) is 0 Å². The lowest BCUT2D eigenvalue weighted by Gasteiger charge is -2.23. The van der Waals surface area contributed by atoms with Crippen LogP contribution in [-0.2, 0) is 17.6 Å². The van der Waals surface area contributed by atoms with E-state index in [0.717, 1.165) is 36.5 Å². The molecule has 1 aromatic heterocycles. The quantitative estimate of drug-likeness (QED) is 0.684. The summed E-state index contributed by atoms with van der Waals surface area (Å²) in [5.41, 5.74) is 7.96. The molecular weight excluding hydrogens is 292 g/mol. The number of nitrogen functional groups attached to an aromatic ring is 1. The second-order valence-electron chi connectivity index (χ2n) is 6.41. The Morgan fingerprint density at radius 2 is 2.13 bits per heavy atom. The van der Waals surface area contributed by atoms with Gasteiger partial charge >= 0.3 is 0 Å². The third kappa shape index (κ3) is 3.01. The van der Waals surface area contributed by atoms with Gasteiger partial charge in [0, 0.05) is 37.7 Å². The number of rotatable bonds is 3. The molecule has 1 aliphatic carbocycles. The molecule has 122 valence electrons. The summed E-state index contributed by atoms with van der Waals surface area (Å²) in [6.45, 7) is 2.14. The molecule has 1 amide bonds. The fraction of sp³-hybridized carbons (Fsp3) is 0.562. The SMILES string of the molecule is Nc1nc2c(c(NC3CC3)n1)CCN(C(=O)[C@H]1C=CCN1)CC2. The standard InChI is InChI=1S/C16H22N6O/c17-16-20-12-6-9-22(15(23)13-2-1-7-18-13)8-5-11(12)14(21-16)19-10-3-4-10/h1-2,10,13,18H,3-9H2,(H3,17,19,20,21)/t13-/m1/s1. The minimum absolute atomic E-state index is 0.143. The van der Waals surface area contributed by atoms with Crippen molar-refractivity contribution in [1.29, 1.82) is 0 Å². The van der Waals surface area contributed by atoms with Crippen molar-refractivity contribution >= 4 is 17.7 Å². The highest BCUT2D eigenvalue weighted by atomic mass is 16.2. The van der Waals surface area contributed by atoms with Gasteiger partial charge in [-0.1, -0.05) is 12.2 Å². The smallest absolute Gasteiger partial charge is 0.243 e. The van der Waals surface area contributed by atoms with Crippen molar-refractivity contribution in [3.8, 4) is 0 Å². The minimum atomic E-state index is -0.184. The van der Waals surface area contributed by atoms with Gasteiger partial charge in [0.05, 0.1) is 5.69 Å². The number of carbonyl (C=O) groups excluding carboxylic acids is 1. The van der Waals surface area contributed by atoms with Crippen molar-refractivity contribution in [2.75, 3.05) is 30.7 Å². The first kappa shape index (κ1) is 14.4. The summed E-state index contributed by atoms with van der Waals surface area (Å²) in [6, 6.07) is 0.332. The molecule has 23 heavy (non-hydrogen) atoms. The van der Waals surface area contributed by atoms with E-state index in [-0.39, 0.29) is 11.9 Å². The summed E-state index contributed by atoms with van der Waals surface area (Å²) >= 11 is 0. The molecule has 0 saturated heterocycles. The summed E-state index contributed by atoms with van der Waals surface area (Å²) in [6.07, 6.45) is 7.81. The monoisotopic (exact) mass is 314 g/mol. The number of hydrogen-bond acceptors (Lipinski definition) is 6. The van der Waals surface area contributed by atoms with Gasteiger partial charge in [0.1, 0.15) is 11.9 Å². The van der Waals surface area contributed by atoms with Crippen LogP contribution >= 0.6 is 0 Å². The number of fused-ring (bicyclic) bond motifs is 1. The van der Waals surface area contributed by atoms with E-state index >= 15 is 0 Å². The van der Waals surface area contributed by atoms with E-state index in [1.807, 2.05) is 17.1 Å². The van der Waals surface area contributed by atoms with Gasteiger partial charge in [-0.2, -0.15) is 4.98 Å². The summed E-state index contributed by atoms with van der Waals surface area (Å²) in [4.78, 5) is 23.3. The maximum absolute atomic E-state index is 12.6. The molecule has 4 N–H and O–H groups in total. The molecule has 3 aliphatic rings. The molecule has 1 atom stereocenters. The van der Waals surface area contributed by atoms with E-state index in [4.69, 9.17) is 5.73 Å². The highest BCUT2D eigenvalue weighted by Gasteiger charge is 2.29. The molecule has 0 spiro atoms. The Labute approximate surface area is 135 Å². The van der Waals surface area contributed by atoms with E-state index in [0.29, 0.717) is 25.1 Å². The van der Waals surface area contributed by atoms with Crippen molar-refractivity contribution in [2.45, 2.75) is 37.8 Å². The van der Waals surface area contributed by atoms with Crippen LogP contribution in [0.5, 0.6) is 0 Å². The Morgan fingerprint density at radius 3 is 2.87 bits per heavy atom. The van der Waals surface area contributed by atoms with Crippen molar-refractivity contribution in [3.63, 3.8) is 0 Å². The predicted octanol–water partition coefficient (Wildman–Crippen LogP) is 0.0883. The summed E-state index contributed by atoms with van der Waals surface area (Å²) < 4.78 is 0. The van der Waals surface area contributed by atoms with Crippen LogP contribution in [0.3, 0.4) is 0 Å². The van der Waals surface area contributed by atoms with E-state index in [9.17, 15) is 4.79 Å². The summed E-state index contributed by atoms with van der Waals surface area (Å²) in [5.74, 6) is 1.32. The molecule has 0 bridgehead atoms. The minimum Gasteiger partial charge on any atom is -0.368 e. The number of nitrogens with zero attached hydrogens (tertiary/aromatic N) is 3. The van der Waals surface area contributed by atoms with Crippen LogP contribution in [0.15, 0.2) is 12.2 Å². The first-order valence-corrected chi connectivity index (χ1v) is 8.31. The average molecular weight is 314 g/mol. The Balaban J connectivity index is 1.53. The molecule has 2 aliphatic heterocycles. The highest BCUT2D eigenvalue weighted by molar-refractivity contribution is 5.84. The third-order valence-electron chi connectivity index (χ3n) is 4.64. The molecule has 7 heteroatoms. The number of aromatic nitrogens is 2. The topological polar surface area (TPSA) is 96.2 Å². The second kappa shape index (κ2) is 5.81. The number of nitrogens with one attached hydrogen (secondary N) is 2. The average Bonchev–Trinajstić information content (AvgIpc) is 3.22. The molecule has 4 rings (SSSR count). The van der Waals surface area contributed by atoms with Crippen LogP contribution in [0.2, 0.25) is 0 Å². The van der Waals surface area contributed by atoms with Crippen LogP contribution < -0.4 is 16.4 Å². The van der Waals surface area contributed by atoms with E-state index < -0.39 is 0 Å². The van der Waals surface area contributed by atoms with E-state index in [1.54, 1.807) is 0 Å². The normalized spacial score (nSPS) is 23.5. The van der Waals surface area contributed by atoms with Gasteiger partial charge in [0.2, 0.25) is 11.9 Å². The van der Waals surface area contributed by atoms with Crippen LogP contribution in [0.4, 0.5) is 11.8 Å². The lowest BCUT2D eigenvalue weighted by atomic mass is 10.1. The number of amides is 1. The largest absolute Gasteiger partial charge is 0.368 e. The number of anilines is 2. The van der Waals surface area contributed by atoms with Gasteiger partial charge in [0.15, 0.2) is 0 Å². The Kier molecular flexibility index (Phi) is 3.65. The predicted molar refractivity (Wildman–Crippen MR) is 88.0 cm³/mol. The van der Waals surface area contributed by atoms with E-state index in [1.165, 1.54) is 12.8 Å². The van der Waals surface area contributed by atoms with Crippen LogP contribution in [-0.4, -0.2) is 52.5 Å². The van der Waals surface area contributed by atoms with Crippen molar-refractivity contribution in [2.24, 2.45) is 0 Å². The number of carbonyl (C=O) groups is 1. The second-order valence-corrected chi connectivity index (χ2v) is 6.41. The molecule has 1 fully saturated rings. The Hall–Kier alpha value is -2.15. The zero-order valence-corrected chi connectivity index (χ0v) is 13.1. The molecule has 0 aromatic carbocycles. The van der Waals surface area contributed by atoms with Gasteiger partial charge in [-0.15, -0.1) is 0 Å². The first-order chi connectivity index (χ1) is 11.2. The van der Waals surface area contributed by atoms with Crippen LogP contribution in [0.25, 0.3) is 0 Å². The van der Waals surface area contributed by atoms with Crippen LogP contribution in [0.1, 0.15) is 24.1 Å². The van der Waals surface area contributed by atoms with Gasteiger partial charge in [-0.25, -0.2) is 4.98 Å². The van der Waals surface area contributed by atoms with Gasteiger partial charge in [0.25, 0.3) is 0 Å². The lowest BCUT2D eigenvalue weighted by molar-refractivity contribution is -0.131. The summed E-state index contributed by atoms with van der Waals surface area (Å²) in [5, 5.41) is 6.64. The molecule has 3 heterocycles. The van der Waals surface area contributed by atoms with Crippen molar-refractivity contribution < 1.29 is 4.79 Å². The number of nitrogens with two attached hydrogens (primary N) is 1. The number of hydrogen-bond donors (Lipinski definition) is 3. The highest BCUT2D eigenvalue weighted by Crippen LogP contribution is 2.28. The lowest BCUT2D eigenvalue weighted by Crippen LogP contribution is -2.44. The maximum atomic E-state index is 12.6. The maximum Gasteiger partial charge on any atom is 0.243 e. The molecule has 7 nitrogen and oxygen atoms in total. The zero-order chi connectivity index (χ0) is 15.8. The van der Waals surface area contributed by atoms with Gasteiger partial charge in [-0.3, -0.25) is 10.1 Å². The zero-order valence-electron chi connectivity index (χ0n) is 13.1. The third-order valence-corrected chi connectivity index (χ3v) is 4.64. The van der Waals surface area contributed by atoms with Crippen molar-refractivity contribution in [3.05, 3.63) is 23.4 Å². The van der Waals surface area contributed by atoms with Gasteiger partial charge in [-0.05, 0) is 19.3 Å². The first-order valence-electron chi connectivity index (χ1n) is 8.31.